The molecule has 1 aromatic carbocycles. The molecule has 1 atom stereocenters. The van der Waals surface area contributed by atoms with Crippen molar-refractivity contribution in [2.75, 3.05) is 6.61 Å². The smallest absolute Gasteiger partial charge is 0.333 e. The summed E-state index contributed by atoms with van der Waals surface area (Å²) in [4.78, 5) is 11.7. The summed E-state index contributed by atoms with van der Waals surface area (Å²) in [5, 5.41) is 21.9. The average molecular weight is 382 g/mol. The maximum atomic E-state index is 11.7. The van der Waals surface area contributed by atoms with Gasteiger partial charge < -0.3 is 15.5 Å². The van der Waals surface area contributed by atoms with E-state index in [2.05, 4.69) is 30.4 Å². The van der Waals surface area contributed by atoms with Crippen LogP contribution in [0.15, 0.2) is 65.4 Å². The van der Waals surface area contributed by atoms with Crippen LogP contribution in [0.4, 0.5) is 0 Å². The summed E-state index contributed by atoms with van der Waals surface area (Å²) in [7, 11) is 0. The van der Waals surface area contributed by atoms with E-state index >= 15 is 0 Å². The first-order valence-electron chi connectivity index (χ1n) is 9.85. The van der Waals surface area contributed by atoms with Crippen molar-refractivity contribution >= 4 is 11.5 Å². The molecule has 4 heteroatoms. The molecule has 0 saturated carbocycles. The Kier molecular flexibility index (Phi) is 8.27. The highest BCUT2D eigenvalue weighted by atomic mass is 16.4. The first kappa shape index (κ1) is 21.7. The molecule has 1 aromatic rings. The third kappa shape index (κ3) is 5.70. The molecule has 28 heavy (non-hydrogen) atoms. The lowest BCUT2D eigenvalue weighted by Crippen LogP contribution is -2.24. The largest absolute Gasteiger partial charge is 0.478 e. The maximum Gasteiger partial charge on any atom is 0.333 e. The molecule has 0 bridgehead atoms. The molecular weight excluding hydrogens is 350 g/mol. The molecule has 1 unspecified atom stereocenters. The lowest BCUT2D eigenvalue weighted by Gasteiger charge is -2.27. The minimum Gasteiger partial charge on any atom is -0.478 e. The molecule has 4 nitrogen and oxygen atoms in total. The van der Waals surface area contributed by atoms with Crippen LogP contribution < -0.4 is 5.32 Å². The molecule has 0 amide bonds. The van der Waals surface area contributed by atoms with Gasteiger partial charge in [0.25, 0.3) is 0 Å². The topological polar surface area (TPSA) is 69.6 Å². The molecule has 0 spiro atoms. The number of aliphatic hydroxyl groups is 1. The molecule has 3 N–H and O–H groups in total. The van der Waals surface area contributed by atoms with Gasteiger partial charge in [-0.3, -0.25) is 0 Å². The quantitative estimate of drug-likeness (QED) is 0.445. The van der Waals surface area contributed by atoms with Crippen LogP contribution in [-0.2, 0) is 11.3 Å². The lowest BCUT2D eigenvalue weighted by molar-refractivity contribution is -0.133. The summed E-state index contributed by atoms with van der Waals surface area (Å²) in [5.41, 5.74) is 5.89. The van der Waals surface area contributed by atoms with E-state index < -0.39 is 5.97 Å². The number of carboxylic acids is 1. The number of nitrogens with one attached hydrogen (secondary N) is 1. The number of hydrogen-bond acceptors (Lipinski definition) is 3. The Morgan fingerprint density at radius 1 is 1.21 bits per heavy atom. The minimum atomic E-state index is -0.820. The third-order valence-corrected chi connectivity index (χ3v) is 5.42. The van der Waals surface area contributed by atoms with Crippen molar-refractivity contribution < 1.29 is 15.0 Å². The van der Waals surface area contributed by atoms with E-state index in [9.17, 15) is 9.90 Å². The monoisotopic (exact) mass is 381 g/mol. The summed E-state index contributed by atoms with van der Waals surface area (Å²) in [6.07, 6.45) is 10.1. The van der Waals surface area contributed by atoms with Crippen LogP contribution in [0.5, 0.6) is 0 Å². The van der Waals surface area contributed by atoms with Crippen LogP contribution in [0.3, 0.4) is 0 Å². The lowest BCUT2D eigenvalue weighted by atomic mass is 9.82. The number of aliphatic hydroxyl groups excluding tert-OH is 1. The molecule has 0 aliphatic heterocycles. The van der Waals surface area contributed by atoms with Gasteiger partial charge in [-0.25, -0.2) is 4.79 Å². The van der Waals surface area contributed by atoms with E-state index in [1.54, 1.807) is 6.08 Å². The normalized spacial score (nSPS) is 18.6. The predicted octanol–water partition coefficient (Wildman–Crippen LogP) is 4.83. The maximum absolute atomic E-state index is 11.7. The van der Waals surface area contributed by atoms with E-state index in [0.717, 1.165) is 35.2 Å². The second-order valence-corrected chi connectivity index (χ2v) is 7.11. The van der Waals surface area contributed by atoms with Crippen molar-refractivity contribution in [3.8, 4) is 0 Å². The number of allylic oxidation sites excluding steroid dienone is 6. The zero-order chi connectivity index (χ0) is 20.5. The van der Waals surface area contributed by atoms with Crippen LogP contribution >= 0.6 is 0 Å². The van der Waals surface area contributed by atoms with Crippen LogP contribution in [0.25, 0.3) is 5.57 Å². The highest BCUT2D eigenvalue weighted by molar-refractivity contribution is 5.87. The fourth-order valence-electron chi connectivity index (χ4n) is 3.54. The first-order chi connectivity index (χ1) is 13.5. The van der Waals surface area contributed by atoms with Gasteiger partial charge in [-0.05, 0) is 62.7 Å². The number of carboxylic acid groups (broad SMARTS) is 1. The van der Waals surface area contributed by atoms with Gasteiger partial charge in [0.1, 0.15) is 0 Å². The standard InChI is InChI=1S/C24H31NO3/c1-4-17(3)21-12-13-23(22(15-21)24(27)28)25-16-18-8-10-20(11-9-18)19(5-2)7-6-14-26/h4-11,21,25-26H,12-16H2,1-3H3,(H,27,28)/b7-6-,17-4+,19-5+. The minimum absolute atomic E-state index is 0.0226. The summed E-state index contributed by atoms with van der Waals surface area (Å²) in [6.45, 7) is 6.69. The summed E-state index contributed by atoms with van der Waals surface area (Å²) in [5.74, 6) is -0.494. The van der Waals surface area contributed by atoms with Crippen molar-refractivity contribution in [1.82, 2.24) is 5.32 Å². The molecule has 0 saturated heterocycles. The fourth-order valence-corrected chi connectivity index (χ4v) is 3.54. The van der Waals surface area contributed by atoms with Gasteiger partial charge in [0.15, 0.2) is 0 Å². The Morgan fingerprint density at radius 3 is 2.50 bits per heavy atom. The molecule has 1 aliphatic carbocycles. The van der Waals surface area contributed by atoms with E-state index in [1.165, 1.54) is 5.57 Å². The SMILES string of the molecule is C/C=C(\C=C/CO)c1ccc(CNC2=C(C(=O)O)CC(/C(C)=C/C)CC2)cc1. The van der Waals surface area contributed by atoms with Crippen LogP contribution in [0.1, 0.15) is 51.2 Å². The number of aliphatic carboxylic acids is 1. The number of benzene rings is 1. The second-order valence-electron chi connectivity index (χ2n) is 7.11. The van der Waals surface area contributed by atoms with Crippen molar-refractivity contribution in [2.45, 2.75) is 46.6 Å². The zero-order valence-corrected chi connectivity index (χ0v) is 17.0. The van der Waals surface area contributed by atoms with Gasteiger partial charge >= 0.3 is 5.97 Å². The predicted molar refractivity (Wildman–Crippen MR) is 115 cm³/mol. The van der Waals surface area contributed by atoms with E-state index in [0.29, 0.717) is 24.5 Å². The van der Waals surface area contributed by atoms with Crippen LogP contribution in [0, 0.1) is 5.92 Å². The summed E-state index contributed by atoms with van der Waals surface area (Å²) in [6, 6.07) is 8.20. The van der Waals surface area contributed by atoms with E-state index in [-0.39, 0.29) is 6.61 Å². The Balaban J connectivity index is 2.08. The van der Waals surface area contributed by atoms with Crippen molar-refractivity contribution in [1.29, 1.82) is 0 Å². The van der Waals surface area contributed by atoms with Gasteiger partial charge in [0.2, 0.25) is 0 Å². The molecule has 0 fully saturated rings. The molecule has 1 aliphatic rings. The van der Waals surface area contributed by atoms with Crippen molar-refractivity contribution in [3.05, 3.63) is 76.5 Å². The van der Waals surface area contributed by atoms with Gasteiger partial charge in [-0.1, -0.05) is 54.1 Å². The Labute approximate surface area is 168 Å². The summed E-state index contributed by atoms with van der Waals surface area (Å²) >= 11 is 0. The van der Waals surface area contributed by atoms with Gasteiger partial charge in [-0.2, -0.15) is 0 Å². The molecule has 0 aromatic heterocycles. The van der Waals surface area contributed by atoms with E-state index in [1.807, 2.05) is 38.1 Å². The zero-order valence-electron chi connectivity index (χ0n) is 17.0. The van der Waals surface area contributed by atoms with Crippen LogP contribution in [0.2, 0.25) is 0 Å². The van der Waals surface area contributed by atoms with Crippen molar-refractivity contribution in [2.24, 2.45) is 5.92 Å². The van der Waals surface area contributed by atoms with Gasteiger partial charge in [0.05, 0.1) is 12.2 Å². The number of carbonyl (C=O) groups is 1. The highest BCUT2D eigenvalue weighted by Gasteiger charge is 2.25. The van der Waals surface area contributed by atoms with Crippen molar-refractivity contribution in [3.63, 3.8) is 0 Å². The molecule has 0 heterocycles. The van der Waals surface area contributed by atoms with Gasteiger partial charge in [-0.15, -0.1) is 0 Å². The molecule has 150 valence electrons. The van der Waals surface area contributed by atoms with Gasteiger partial charge in [0, 0.05) is 12.2 Å². The molecule has 0 radical (unpaired) electrons. The molecule has 2 rings (SSSR count). The Hall–Kier alpha value is -2.59. The highest BCUT2D eigenvalue weighted by Crippen LogP contribution is 2.33. The third-order valence-electron chi connectivity index (χ3n) is 5.42. The summed E-state index contributed by atoms with van der Waals surface area (Å²) < 4.78 is 0. The van der Waals surface area contributed by atoms with E-state index in [4.69, 9.17) is 5.11 Å². The second kappa shape index (κ2) is 10.7. The first-order valence-corrected chi connectivity index (χ1v) is 9.85. The average Bonchev–Trinajstić information content (AvgIpc) is 2.72. The Morgan fingerprint density at radius 2 is 1.93 bits per heavy atom. The number of hydrogen-bond donors (Lipinski definition) is 3. The molecular formula is C24H31NO3. The van der Waals surface area contributed by atoms with Crippen LogP contribution in [-0.4, -0.2) is 22.8 Å². The number of rotatable bonds is 8. The fraction of sp³-hybridized carbons (Fsp3) is 0.375. The Bertz CT molecular complexity index is 798.